The van der Waals surface area contributed by atoms with Crippen molar-refractivity contribution in [1.82, 2.24) is 10.2 Å². The van der Waals surface area contributed by atoms with Crippen LogP contribution in [0.5, 0.6) is 5.75 Å². The van der Waals surface area contributed by atoms with Gasteiger partial charge in [-0.2, -0.15) is 0 Å². The maximum absolute atomic E-state index is 13.2. The van der Waals surface area contributed by atoms with Crippen LogP contribution in [0.3, 0.4) is 0 Å². The van der Waals surface area contributed by atoms with E-state index in [4.69, 9.17) is 4.74 Å². The van der Waals surface area contributed by atoms with E-state index < -0.39 is 6.04 Å². The third-order valence-electron chi connectivity index (χ3n) is 5.52. The molecular formula is C26H36N2O3. The van der Waals surface area contributed by atoms with Crippen LogP contribution in [0.25, 0.3) is 0 Å². The highest BCUT2D eigenvalue weighted by atomic mass is 16.5. The molecule has 0 saturated carbocycles. The van der Waals surface area contributed by atoms with Crippen molar-refractivity contribution >= 4 is 11.8 Å². The normalized spacial score (nSPS) is 12.7. The van der Waals surface area contributed by atoms with E-state index in [9.17, 15) is 9.59 Å². The largest absolute Gasteiger partial charge is 0.484 e. The van der Waals surface area contributed by atoms with Crippen LogP contribution in [0.1, 0.15) is 57.2 Å². The van der Waals surface area contributed by atoms with Crippen molar-refractivity contribution in [2.75, 3.05) is 6.61 Å². The van der Waals surface area contributed by atoms with Gasteiger partial charge in [0.2, 0.25) is 5.91 Å². The fraction of sp³-hybridized carbons (Fsp3) is 0.462. The molecule has 1 N–H and O–H groups in total. The number of carbonyl (C=O) groups is 2. The number of carbonyl (C=O) groups excluding carboxylic acids is 2. The summed E-state index contributed by atoms with van der Waals surface area (Å²) in [5, 5.41) is 3.03. The first kappa shape index (κ1) is 24.4. The molecule has 0 aliphatic carbocycles. The molecule has 2 aromatic carbocycles. The summed E-state index contributed by atoms with van der Waals surface area (Å²) in [6.07, 6.45) is 2.32. The average molecular weight is 425 g/mol. The van der Waals surface area contributed by atoms with Crippen LogP contribution in [0, 0.1) is 6.92 Å². The average Bonchev–Trinajstić information content (AvgIpc) is 2.77. The van der Waals surface area contributed by atoms with E-state index in [-0.39, 0.29) is 24.5 Å². The minimum absolute atomic E-state index is 0.0609. The van der Waals surface area contributed by atoms with Gasteiger partial charge in [0.05, 0.1) is 0 Å². The summed E-state index contributed by atoms with van der Waals surface area (Å²) >= 11 is 0. The Morgan fingerprint density at radius 3 is 2.29 bits per heavy atom. The zero-order valence-electron chi connectivity index (χ0n) is 19.5. The van der Waals surface area contributed by atoms with Crippen molar-refractivity contribution in [2.24, 2.45) is 0 Å². The van der Waals surface area contributed by atoms with E-state index in [0.717, 1.165) is 24.0 Å². The Labute approximate surface area is 186 Å². The highest BCUT2D eigenvalue weighted by Crippen LogP contribution is 2.16. The fourth-order valence-electron chi connectivity index (χ4n) is 3.42. The summed E-state index contributed by atoms with van der Waals surface area (Å²) in [4.78, 5) is 27.8. The third kappa shape index (κ3) is 7.42. The zero-order chi connectivity index (χ0) is 22.8. The van der Waals surface area contributed by atoms with Crippen LogP contribution < -0.4 is 10.1 Å². The van der Waals surface area contributed by atoms with Crippen LogP contribution in [0.15, 0.2) is 48.5 Å². The van der Waals surface area contributed by atoms with Gasteiger partial charge in [-0.1, -0.05) is 62.7 Å². The smallest absolute Gasteiger partial charge is 0.261 e. The van der Waals surface area contributed by atoms with Gasteiger partial charge in [0.1, 0.15) is 11.8 Å². The predicted molar refractivity (Wildman–Crippen MR) is 125 cm³/mol. The summed E-state index contributed by atoms with van der Waals surface area (Å²) in [5.74, 6) is 0.329. The number of aryl methyl sites for hydroxylation is 2. The summed E-state index contributed by atoms with van der Waals surface area (Å²) in [7, 11) is 0. The van der Waals surface area contributed by atoms with E-state index in [1.807, 2.05) is 76.2 Å². The Bertz CT molecular complexity index is 848. The van der Waals surface area contributed by atoms with Gasteiger partial charge >= 0.3 is 0 Å². The number of nitrogens with one attached hydrogen (secondary N) is 1. The van der Waals surface area contributed by atoms with Crippen molar-refractivity contribution in [3.8, 4) is 5.75 Å². The van der Waals surface area contributed by atoms with Crippen molar-refractivity contribution < 1.29 is 14.3 Å². The first-order valence-electron chi connectivity index (χ1n) is 11.2. The summed E-state index contributed by atoms with van der Waals surface area (Å²) < 4.78 is 5.76. The SMILES string of the molecule is CCc1ccc(OCC(=O)N(Cc2cccc(C)c2)[C@@H](CC)C(=O)N[C@@H](C)CC)cc1. The molecule has 0 bridgehead atoms. The number of nitrogens with zero attached hydrogens (tertiary/aromatic N) is 1. The highest BCUT2D eigenvalue weighted by Gasteiger charge is 2.29. The van der Waals surface area contributed by atoms with Crippen LogP contribution >= 0.6 is 0 Å². The van der Waals surface area contributed by atoms with Crippen LogP contribution in [-0.2, 0) is 22.6 Å². The quantitative estimate of drug-likeness (QED) is 0.571. The molecule has 0 radical (unpaired) electrons. The van der Waals surface area contributed by atoms with Crippen molar-refractivity contribution in [1.29, 1.82) is 0 Å². The monoisotopic (exact) mass is 424 g/mol. The molecule has 168 valence electrons. The van der Waals surface area contributed by atoms with E-state index in [1.54, 1.807) is 4.90 Å². The second-order valence-electron chi connectivity index (χ2n) is 8.04. The number of benzene rings is 2. The lowest BCUT2D eigenvalue weighted by molar-refractivity contribution is -0.143. The molecule has 0 fully saturated rings. The van der Waals surface area contributed by atoms with Crippen LogP contribution in [-0.4, -0.2) is 35.4 Å². The van der Waals surface area contributed by atoms with E-state index in [2.05, 4.69) is 12.2 Å². The molecule has 5 heteroatoms. The second-order valence-corrected chi connectivity index (χ2v) is 8.04. The number of hydrogen-bond donors (Lipinski definition) is 1. The minimum Gasteiger partial charge on any atom is -0.484 e. The number of amides is 2. The van der Waals surface area contributed by atoms with Crippen molar-refractivity contribution in [2.45, 2.75) is 72.5 Å². The third-order valence-corrected chi connectivity index (χ3v) is 5.52. The van der Waals surface area contributed by atoms with E-state index >= 15 is 0 Å². The topological polar surface area (TPSA) is 58.6 Å². The lowest BCUT2D eigenvalue weighted by Gasteiger charge is -2.31. The Balaban J connectivity index is 2.19. The number of hydrogen-bond acceptors (Lipinski definition) is 3. The molecule has 2 aromatic rings. The molecule has 5 nitrogen and oxygen atoms in total. The maximum Gasteiger partial charge on any atom is 0.261 e. The Kier molecular flexibility index (Phi) is 9.57. The second kappa shape index (κ2) is 12.1. The Hall–Kier alpha value is -2.82. The molecule has 2 atom stereocenters. The molecule has 0 heterocycles. The molecule has 0 unspecified atom stereocenters. The lowest BCUT2D eigenvalue weighted by Crippen LogP contribution is -2.51. The van der Waals surface area contributed by atoms with Gasteiger partial charge < -0.3 is 15.0 Å². The predicted octanol–water partition coefficient (Wildman–Crippen LogP) is 4.66. The van der Waals surface area contributed by atoms with Gasteiger partial charge in [-0.15, -0.1) is 0 Å². The lowest BCUT2D eigenvalue weighted by atomic mass is 10.1. The molecule has 0 saturated heterocycles. The molecular weight excluding hydrogens is 388 g/mol. The molecule has 0 aromatic heterocycles. The number of rotatable bonds is 11. The summed E-state index contributed by atoms with van der Waals surface area (Å²) in [5.41, 5.74) is 3.33. The highest BCUT2D eigenvalue weighted by molar-refractivity contribution is 5.88. The molecule has 2 amide bonds. The fourth-order valence-corrected chi connectivity index (χ4v) is 3.42. The van der Waals surface area contributed by atoms with Gasteiger partial charge in [-0.05, 0) is 56.4 Å². The first-order chi connectivity index (χ1) is 14.9. The molecule has 31 heavy (non-hydrogen) atoms. The van der Waals surface area contributed by atoms with Gasteiger partial charge in [0.15, 0.2) is 6.61 Å². The van der Waals surface area contributed by atoms with Crippen LogP contribution in [0.4, 0.5) is 0 Å². The van der Waals surface area contributed by atoms with E-state index in [0.29, 0.717) is 18.7 Å². The van der Waals surface area contributed by atoms with E-state index in [1.165, 1.54) is 5.56 Å². The van der Waals surface area contributed by atoms with Gasteiger partial charge in [-0.25, -0.2) is 0 Å². The summed E-state index contributed by atoms with van der Waals surface area (Å²) in [6.45, 7) is 10.3. The van der Waals surface area contributed by atoms with Crippen molar-refractivity contribution in [3.05, 3.63) is 65.2 Å². The van der Waals surface area contributed by atoms with Gasteiger partial charge in [0.25, 0.3) is 5.91 Å². The maximum atomic E-state index is 13.2. The Morgan fingerprint density at radius 1 is 1.00 bits per heavy atom. The molecule has 2 rings (SSSR count). The minimum atomic E-state index is -0.548. The summed E-state index contributed by atoms with van der Waals surface area (Å²) in [6, 6.07) is 15.3. The van der Waals surface area contributed by atoms with Gasteiger partial charge in [0, 0.05) is 12.6 Å². The Morgan fingerprint density at radius 2 is 1.71 bits per heavy atom. The van der Waals surface area contributed by atoms with Gasteiger partial charge in [-0.3, -0.25) is 9.59 Å². The molecule has 0 aliphatic heterocycles. The zero-order valence-corrected chi connectivity index (χ0v) is 19.5. The first-order valence-corrected chi connectivity index (χ1v) is 11.2. The standard InChI is InChI=1S/C26H36N2O3/c1-6-20(5)27-26(30)24(8-3)28(17-22-11-9-10-19(4)16-22)25(29)18-31-23-14-12-21(7-2)13-15-23/h9-16,20,24H,6-8,17-18H2,1-5H3,(H,27,30)/t20-,24-/m0/s1. The molecule has 0 aliphatic rings. The van der Waals surface area contributed by atoms with Crippen LogP contribution in [0.2, 0.25) is 0 Å². The number of ether oxygens (including phenoxy) is 1. The molecule has 0 spiro atoms. The van der Waals surface area contributed by atoms with Crippen molar-refractivity contribution in [3.63, 3.8) is 0 Å².